The molecule has 0 saturated carbocycles. The van der Waals surface area contributed by atoms with Crippen LogP contribution in [0.15, 0.2) is 29.3 Å². The molecule has 1 atom stereocenters. The molecular weight excluding hydrogens is 314 g/mol. The summed E-state index contributed by atoms with van der Waals surface area (Å²) in [6.45, 7) is 11.7. The van der Waals surface area contributed by atoms with E-state index < -0.39 is 0 Å². The van der Waals surface area contributed by atoms with Gasteiger partial charge in [0.15, 0.2) is 5.96 Å². The van der Waals surface area contributed by atoms with Gasteiger partial charge in [-0.1, -0.05) is 12.1 Å². The van der Waals surface area contributed by atoms with Crippen LogP contribution in [-0.2, 0) is 11.3 Å². The lowest BCUT2D eigenvalue weighted by molar-refractivity contribution is 0.156. The van der Waals surface area contributed by atoms with E-state index in [1.807, 2.05) is 26.0 Å². The minimum absolute atomic E-state index is 0.186. The fourth-order valence-corrected chi connectivity index (χ4v) is 3.67. The second-order valence-corrected chi connectivity index (χ2v) is 7.46. The highest BCUT2D eigenvalue weighted by Gasteiger charge is 2.42. The largest absolute Gasteiger partial charge is 0.491 e. The maximum atomic E-state index is 5.78. The molecule has 25 heavy (non-hydrogen) atoms. The van der Waals surface area contributed by atoms with Crippen molar-refractivity contribution in [2.24, 2.45) is 10.4 Å². The molecule has 3 rings (SSSR count). The number of guanidine groups is 1. The Bertz CT molecular complexity index is 594. The Morgan fingerprint density at radius 3 is 3.00 bits per heavy atom. The fraction of sp³-hybridized carbons (Fsp3) is 0.650. The standard InChI is InChI=1S/C20H31N3O2/c1-4-21-19(23-10-8-20(14-23)9-11-24-15-20)22-13-17-6-5-7-18(12-17)25-16(2)3/h5-7,12,16H,4,8-11,13-15H2,1-3H3,(H,21,22). The molecule has 138 valence electrons. The summed E-state index contributed by atoms with van der Waals surface area (Å²) >= 11 is 0. The van der Waals surface area contributed by atoms with Gasteiger partial charge in [-0.3, -0.25) is 0 Å². The van der Waals surface area contributed by atoms with Gasteiger partial charge >= 0.3 is 0 Å². The maximum absolute atomic E-state index is 5.78. The molecule has 1 spiro atoms. The molecule has 0 bridgehead atoms. The zero-order valence-electron chi connectivity index (χ0n) is 15.8. The molecule has 2 heterocycles. The normalized spacial score (nSPS) is 23.7. The Labute approximate surface area is 151 Å². The zero-order valence-corrected chi connectivity index (χ0v) is 15.8. The van der Waals surface area contributed by atoms with E-state index >= 15 is 0 Å². The van der Waals surface area contributed by atoms with Gasteiger partial charge in [0.05, 0.1) is 19.3 Å². The molecule has 0 amide bonds. The Hall–Kier alpha value is -1.75. The summed E-state index contributed by atoms with van der Waals surface area (Å²) in [5.74, 6) is 1.93. The van der Waals surface area contributed by atoms with Crippen LogP contribution in [0.3, 0.4) is 0 Å². The van der Waals surface area contributed by atoms with Crippen molar-refractivity contribution < 1.29 is 9.47 Å². The molecule has 2 aliphatic heterocycles. The maximum Gasteiger partial charge on any atom is 0.194 e. The van der Waals surface area contributed by atoms with Crippen molar-refractivity contribution in [3.8, 4) is 5.75 Å². The van der Waals surface area contributed by atoms with Crippen molar-refractivity contribution in [1.29, 1.82) is 0 Å². The van der Waals surface area contributed by atoms with E-state index in [0.29, 0.717) is 12.0 Å². The number of nitrogens with one attached hydrogen (secondary N) is 1. The highest BCUT2D eigenvalue weighted by Crippen LogP contribution is 2.38. The van der Waals surface area contributed by atoms with E-state index in [9.17, 15) is 0 Å². The first-order chi connectivity index (χ1) is 12.1. The van der Waals surface area contributed by atoms with Gasteiger partial charge in [0.25, 0.3) is 0 Å². The van der Waals surface area contributed by atoms with Crippen molar-refractivity contribution in [3.63, 3.8) is 0 Å². The SMILES string of the molecule is CCNC(=NCc1cccc(OC(C)C)c1)N1CCC2(CCOC2)C1. The molecular formula is C20H31N3O2. The topological polar surface area (TPSA) is 46.1 Å². The summed E-state index contributed by atoms with van der Waals surface area (Å²) in [5.41, 5.74) is 1.52. The Morgan fingerprint density at radius 1 is 1.40 bits per heavy atom. The van der Waals surface area contributed by atoms with Gasteiger partial charge in [-0.05, 0) is 51.3 Å². The molecule has 1 N–H and O–H groups in total. The molecule has 2 saturated heterocycles. The summed E-state index contributed by atoms with van der Waals surface area (Å²) in [5, 5.41) is 3.45. The summed E-state index contributed by atoms with van der Waals surface area (Å²) in [4.78, 5) is 7.27. The fourth-order valence-electron chi connectivity index (χ4n) is 3.67. The Morgan fingerprint density at radius 2 is 2.28 bits per heavy atom. The molecule has 2 aliphatic rings. The van der Waals surface area contributed by atoms with Crippen molar-refractivity contribution in [2.75, 3.05) is 32.8 Å². The van der Waals surface area contributed by atoms with Crippen LogP contribution in [0, 0.1) is 5.41 Å². The van der Waals surface area contributed by atoms with Crippen molar-refractivity contribution in [1.82, 2.24) is 10.2 Å². The minimum atomic E-state index is 0.186. The molecule has 1 unspecified atom stereocenters. The highest BCUT2D eigenvalue weighted by atomic mass is 16.5. The summed E-state index contributed by atoms with van der Waals surface area (Å²) in [6, 6.07) is 8.23. The van der Waals surface area contributed by atoms with Gasteiger partial charge in [-0.15, -0.1) is 0 Å². The highest BCUT2D eigenvalue weighted by molar-refractivity contribution is 5.80. The third-order valence-corrected chi connectivity index (χ3v) is 4.94. The lowest BCUT2D eigenvalue weighted by atomic mass is 9.87. The minimum Gasteiger partial charge on any atom is -0.491 e. The van der Waals surface area contributed by atoms with Gasteiger partial charge in [0, 0.05) is 31.7 Å². The lowest BCUT2D eigenvalue weighted by Crippen LogP contribution is -2.41. The van der Waals surface area contributed by atoms with E-state index in [4.69, 9.17) is 14.5 Å². The third kappa shape index (κ3) is 4.66. The van der Waals surface area contributed by atoms with Crippen LogP contribution in [0.25, 0.3) is 0 Å². The molecule has 5 nitrogen and oxygen atoms in total. The van der Waals surface area contributed by atoms with Gasteiger partial charge in [-0.25, -0.2) is 4.99 Å². The summed E-state index contributed by atoms with van der Waals surface area (Å²) < 4.78 is 11.4. The number of aliphatic imine (C=N–C) groups is 1. The number of rotatable bonds is 5. The average molecular weight is 345 g/mol. The average Bonchev–Trinajstić information content (AvgIpc) is 3.21. The van der Waals surface area contributed by atoms with Crippen LogP contribution in [0.1, 0.15) is 39.2 Å². The van der Waals surface area contributed by atoms with Gasteiger partial charge < -0.3 is 19.7 Å². The number of hydrogen-bond donors (Lipinski definition) is 1. The molecule has 1 aromatic rings. The number of hydrogen-bond acceptors (Lipinski definition) is 3. The molecule has 5 heteroatoms. The van der Waals surface area contributed by atoms with Crippen molar-refractivity contribution in [3.05, 3.63) is 29.8 Å². The smallest absolute Gasteiger partial charge is 0.194 e. The van der Waals surface area contributed by atoms with Crippen LogP contribution < -0.4 is 10.1 Å². The van der Waals surface area contributed by atoms with E-state index in [-0.39, 0.29) is 6.10 Å². The van der Waals surface area contributed by atoms with Crippen LogP contribution in [0.2, 0.25) is 0 Å². The molecule has 0 aliphatic carbocycles. The monoisotopic (exact) mass is 345 g/mol. The predicted octanol–water partition coefficient (Wildman–Crippen LogP) is 3.05. The second kappa shape index (κ2) is 8.09. The van der Waals surface area contributed by atoms with Gasteiger partial charge in [-0.2, -0.15) is 0 Å². The van der Waals surface area contributed by atoms with Crippen molar-refractivity contribution >= 4 is 5.96 Å². The number of ether oxygens (including phenoxy) is 2. The number of benzene rings is 1. The number of likely N-dealkylation sites (tertiary alicyclic amines) is 1. The quantitative estimate of drug-likeness (QED) is 0.658. The first-order valence-electron chi connectivity index (χ1n) is 9.47. The van der Waals surface area contributed by atoms with E-state index in [1.54, 1.807) is 0 Å². The van der Waals surface area contributed by atoms with Gasteiger partial charge in [0.2, 0.25) is 0 Å². The first-order valence-corrected chi connectivity index (χ1v) is 9.47. The Kier molecular flexibility index (Phi) is 5.84. The van der Waals surface area contributed by atoms with Crippen LogP contribution in [0.5, 0.6) is 5.75 Å². The molecule has 0 radical (unpaired) electrons. The molecule has 2 fully saturated rings. The van der Waals surface area contributed by atoms with E-state index in [1.165, 1.54) is 18.4 Å². The summed E-state index contributed by atoms with van der Waals surface area (Å²) in [7, 11) is 0. The predicted molar refractivity (Wildman–Crippen MR) is 101 cm³/mol. The van der Waals surface area contributed by atoms with Crippen LogP contribution in [-0.4, -0.2) is 49.8 Å². The first kappa shape index (κ1) is 18.1. The van der Waals surface area contributed by atoms with Crippen molar-refractivity contribution in [2.45, 2.75) is 46.3 Å². The molecule has 0 aromatic heterocycles. The van der Waals surface area contributed by atoms with Crippen LogP contribution >= 0.6 is 0 Å². The van der Waals surface area contributed by atoms with E-state index in [2.05, 4.69) is 29.3 Å². The number of nitrogens with zero attached hydrogens (tertiary/aromatic N) is 2. The zero-order chi connectivity index (χ0) is 17.7. The van der Waals surface area contributed by atoms with E-state index in [0.717, 1.165) is 44.6 Å². The second-order valence-electron chi connectivity index (χ2n) is 7.46. The Balaban J connectivity index is 1.66. The lowest BCUT2D eigenvalue weighted by Gasteiger charge is -2.25. The molecule has 1 aromatic carbocycles. The van der Waals surface area contributed by atoms with Crippen LogP contribution in [0.4, 0.5) is 0 Å². The summed E-state index contributed by atoms with van der Waals surface area (Å²) in [6.07, 6.45) is 2.57. The van der Waals surface area contributed by atoms with Gasteiger partial charge in [0.1, 0.15) is 5.75 Å². The third-order valence-electron chi connectivity index (χ3n) is 4.94.